The van der Waals surface area contributed by atoms with Gasteiger partial charge < -0.3 is 21.1 Å². The van der Waals surface area contributed by atoms with Gasteiger partial charge in [0.25, 0.3) is 0 Å². The summed E-state index contributed by atoms with van der Waals surface area (Å²) in [4.78, 5) is 24.6. The van der Waals surface area contributed by atoms with Gasteiger partial charge in [0.1, 0.15) is 12.6 Å². The third-order valence-corrected chi connectivity index (χ3v) is 3.81. The van der Waals surface area contributed by atoms with Crippen LogP contribution in [0, 0.1) is 0 Å². The summed E-state index contributed by atoms with van der Waals surface area (Å²) in [6.45, 7) is 0.702. The molecule has 2 aromatic rings. The number of alkyl carbamates (subject to hydrolysis) is 1. The van der Waals surface area contributed by atoms with Crippen LogP contribution in [0.25, 0.3) is 0 Å². The van der Waals surface area contributed by atoms with Crippen molar-refractivity contribution in [3.8, 4) is 0 Å². The van der Waals surface area contributed by atoms with E-state index in [1.807, 2.05) is 48.5 Å². The fraction of sp³-hybridized carbons (Fsp3) is 0.300. The van der Waals surface area contributed by atoms with Crippen LogP contribution in [0.15, 0.2) is 60.7 Å². The zero-order valence-electron chi connectivity index (χ0n) is 14.7. The number of hydrogen-bond donors (Lipinski definition) is 3. The number of rotatable bonds is 9. The lowest BCUT2D eigenvalue weighted by atomic mass is 10.1. The first-order chi connectivity index (χ1) is 12.7. The number of benzene rings is 2. The molecule has 6 nitrogen and oxygen atoms in total. The highest BCUT2D eigenvalue weighted by Gasteiger charge is 2.21. The SMILES string of the molecule is NCCCCC(NC(=O)OCc1ccccc1)C(=O)Nc1ccccc1. The number of ether oxygens (including phenoxy) is 1. The summed E-state index contributed by atoms with van der Waals surface area (Å²) in [6, 6.07) is 17.8. The van der Waals surface area contributed by atoms with E-state index in [2.05, 4.69) is 10.6 Å². The summed E-state index contributed by atoms with van der Waals surface area (Å²) in [6.07, 6.45) is 1.41. The maximum atomic E-state index is 12.5. The summed E-state index contributed by atoms with van der Waals surface area (Å²) >= 11 is 0. The van der Waals surface area contributed by atoms with E-state index in [1.54, 1.807) is 12.1 Å². The molecule has 0 aliphatic rings. The van der Waals surface area contributed by atoms with Crippen LogP contribution < -0.4 is 16.4 Å². The topological polar surface area (TPSA) is 93.4 Å². The Labute approximate surface area is 153 Å². The lowest BCUT2D eigenvalue weighted by Crippen LogP contribution is -2.44. The number of carbonyl (C=O) groups excluding carboxylic acids is 2. The maximum Gasteiger partial charge on any atom is 0.408 e. The first kappa shape index (κ1) is 19.5. The molecule has 2 amide bonds. The predicted octanol–water partition coefficient (Wildman–Crippen LogP) is 3.05. The minimum Gasteiger partial charge on any atom is -0.445 e. The predicted molar refractivity (Wildman–Crippen MR) is 102 cm³/mol. The molecule has 0 saturated carbocycles. The number of anilines is 1. The highest BCUT2D eigenvalue weighted by Crippen LogP contribution is 2.09. The van der Waals surface area contributed by atoms with Crippen LogP contribution in [0.1, 0.15) is 24.8 Å². The van der Waals surface area contributed by atoms with Crippen molar-refractivity contribution in [2.24, 2.45) is 5.73 Å². The molecule has 0 aromatic heterocycles. The van der Waals surface area contributed by atoms with E-state index >= 15 is 0 Å². The van der Waals surface area contributed by atoms with Gasteiger partial charge >= 0.3 is 6.09 Å². The molecule has 0 saturated heterocycles. The fourth-order valence-corrected chi connectivity index (χ4v) is 2.42. The van der Waals surface area contributed by atoms with E-state index < -0.39 is 12.1 Å². The Morgan fingerprint density at radius 3 is 2.27 bits per heavy atom. The van der Waals surface area contributed by atoms with Crippen LogP contribution in [-0.2, 0) is 16.1 Å². The molecule has 0 aliphatic heterocycles. The number of carbonyl (C=O) groups is 2. The van der Waals surface area contributed by atoms with Crippen LogP contribution in [0.4, 0.5) is 10.5 Å². The van der Waals surface area contributed by atoms with Gasteiger partial charge in [0.05, 0.1) is 0 Å². The van der Waals surface area contributed by atoms with Crippen molar-refractivity contribution >= 4 is 17.7 Å². The van der Waals surface area contributed by atoms with E-state index in [1.165, 1.54) is 0 Å². The first-order valence-electron chi connectivity index (χ1n) is 8.72. The van der Waals surface area contributed by atoms with Gasteiger partial charge in [-0.25, -0.2) is 4.79 Å². The zero-order chi connectivity index (χ0) is 18.6. The molecule has 0 fully saturated rings. The number of para-hydroxylation sites is 1. The van der Waals surface area contributed by atoms with Gasteiger partial charge in [-0.05, 0) is 43.5 Å². The van der Waals surface area contributed by atoms with E-state index in [0.717, 1.165) is 18.4 Å². The zero-order valence-corrected chi connectivity index (χ0v) is 14.7. The number of hydrogen-bond acceptors (Lipinski definition) is 4. The van der Waals surface area contributed by atoms with Gasteiger partial charge in [0.15, 0.2) is 0 Å². The molecule has 2 aromatic carbocycles. The van der Waals surface area contributed by atoms with Crippen molar-refractivity contribution in [2.75, 3.05) is 11.9 Å². The summed E-state index contributed by atoms with van der Waals surface area (Å²) in [5, 5.41) is 5.46. The number of unbranched alkanes of at least 4 members (excludes halogenated alkanes) is 1. The number of amides is 2. The quantitative estimate of drug-likeness (QED) is 0.603. The molecular weight excluding hydrogens is 330 g/mol. The second-order valence-corrected chi connectivity index (χ2v) is 5.90. The van der Waals surface area contributed by atoms with Gasteiger partial charge in [-0.15, -0.1) is 0 Å². The summed E-state index contributed by atoms with van der Waals surface area (Å²) in [7, 11) is 0. The molecule has 138 valence electrons. The van der Waals surface area contributed by atoms with E-state index in [9.17, 15) is 9.59 Å². The minimum atomic E-state index is -0.676. The van der Waals surface area contributed by atoms with Crippen LogP contribution in [0.3, 0.4) is 0 Å². The van der Waals surface area contributed by atoms with Crippen LogP contribution >= 0.6 is 0 Å². The number of nitrogens with two attached hydrogens (primary N) is 1. The third-order valence-electron chi connectivity index (χ3n) is 3.81. The van der Waals surface area contributed by atoms with Crippen molar-refractivity contribution < 1.29 is 14.3 Å². The van der Waals surface area contributed by atoms with Gasteiger partial charge in [0, 0.05) is 5.69 Å². The molecule has 0 heterocycles. The molecule has 26 heavy (non-hydrogen) atoms. The van der Waals surface area contributed by atoms with Gasteiger partial charge in [-0.1, -0.05) is 48.5 Å². The van der Waals surface area contributed by atoms with Crippen LogP contribution in [0.5, 0.6) is 0 Å². The molecule has 2 rings (SSSR count). The van der Waals surface area contributed by atoms with Crippen LogP contribution in [0.2, 0.25) is 0 Å². The second-order valence-electron chi connectivity index (χ2n) is 5.90. The first-order valence-corrected chi connectivity index (χ1v) is 8.72. The largest absolute Gasteiger partial charge is 0.445 e. The van der Waals surface area contributed by atoms with Crippen molar-refractivity contribution in [1.82, 2.24) is 5.32 Å². The Hall–Kier alpha value is -2.86. The monoisotopic (exact) mass is 355 g/mol. The molecular formula is C20H25N3O3. The smallest absolute Gasteiger partial charge is 0.408 e. The molecule has 6 heteroatoms. The van der Waals surface area contributed by atoms with Crippen molar-refractivity contribution in [3.63, 3.8) is 0 Å². The Balaban J connectivity index is 1.90. The standard InChI is InChI=1S/C20H25N3O3/c21-14-8-7-13-18(19(24)22-17-11-5-2-6-12-17)23-20(25)26-15-16-9-3-1-4-10-16/h1-6,9-12,18H,7-8,13-15,21H2,(H,22,24)(H,23,25). The van der Waals surface area contributed by atoms with E-state index in [0.29, 0.717) is 18.7 Å². The molecule has 0 bridgehead atoms. The van der Waals surface area contributed by atoms with Crippen LogP contribution in [-0.4, -0.2) is 24.6 Å². The van der Waals surface area contributed by atoms with E-state index in [-0.39, 0.29) is 12.5 Å². The number of nitrogens with one attached hydrogen (secondary N) is 2. The lowest BCUT2D eigenvalue weighted by Gasteiger charge is -2.18. The summed E-state index contributed by atoms with van der Waals surface area (Å²) in [5.41, 5.74) is 7.08. The van der Waals surface area contributed by atoms with Crippen molar-refractivity contribution in [2.45, 2.75) is 31.9 Å². The molecule has 1 unspecified atom stereocenters. The Morgan fingerprint density at radius 2 is 1.62 bits per heavy atom. The molecule has 4 N–H and O–H groups in total. The fourth-order valence-electron chi connectivity index (χ4n) is 2.42. The Bertz CT molecular complexity index is 677. The Morgan fingerprint density at radius 1 is 0.962 bits per heavy atom. The average Bonchev–Trinajstić information content (AvgIpc) is 2.67. The molecule has 0 radical (unpaired) electrons. The lowest BCUT2D eigenvalue weighted by molar-refractivity contribution is -0.118. The Kier molecular flexibility index (Phi) is 8.15. The normalized spacial score (nSPS) is 11.4. The molecule has 1 atom stereocenters. The molecule has 0 aliphatic carbocycles. The van der Waals surface area contributed by atoms with Crippen molar-refractivity contribution in [3.05, 3.63) is 66.2 Å². The van der Waals surface area contributed by atoms with Crippen molar-refractivity contribution in [1.29, 1.82) is 0 Å². The second kappa shape index (κ2) is 10.9. The van der Waals surface area contributed by atoms with Gasteiger partial charge in [0.2, 0.25) is 5.91 Å². The minimum absolute atomic E-state index is 0.155. The average molecular weight is 355 g/mol. The van der Waals surface area contributed by atoms with Gasteiger partial charge in [-0.3, -0.25) is 4.79 Å². The molecule has 0 spiro atoms. The van der Waals surface area contributed by atoms with E-state index in [4.69, 9.17) is 10.5 Å². The summed E-state index contributed by atoms with van der Waals surface area (Å²) in [5.74, 6) is -0.273. The third kappa shape index (κ3) is 6.94. The summed E-state index contributed by atoms with van der Waals surface area (Å²) < 4.78 is 5.21. The highest BCUT2D eigenvalue weighted by atomic mass is 16.5. The van der Waals surface area contributed by atoms with Gasteiger partial charge in [-0.2, -0.15) is 0 Å². The maximum absolute atomic E-state index is 12.5. The highest BCUT2D eigenvalue weighted by molar-refractivity contribution is 5.96.